The lowest BCUT2D eigenvalue weighted by molar-refractivity contribution is -0.141. The molecule has 1 heterocycles. The molecule has 3 aromatic carbocycles. The predicted octanol–water partition coefficient (Wildman–Crippen LogP) is 4.29. The van der Waals surface area contributed by atoms with Crippen molar-refractivity contribution < 1.29 is 19.0 Å². The van der Waals surface area contributed by atoms with E-state index in [0.717, 1.165) is 28.0 Å². The van der Waals surface area contributed by atoms with Crippen LogP contribution in [-0.4, -0.2) is 19.7 Å². The highest BCUT2D eigenvalue weighted by molar-refractivity contribution is 5.71. The van der Waals surface area contributed by atoms with Crippen LogP contribution in [0.25, 0.3) is 0 Å². The van der Waals surface area contributed by atoms with Gasteiger partial charge in [-0.05, 0) is 35.9 Å². The lowest BCUT2D eigenvalue weighted by Crippen LogP contribution is -2.09. The molecule has 1 aliphatic rings. The van der Waals surface area contributed by atoms with Crippen molar-refractivity contribution in [2.75, 3.05) is 19.5 Å². The second kappa shape index (κ2) is 9.27. The molecule has 1 unspecified atom stereocenters. The zero-order valence-corrected chi connectivity index (χ0v) is 17.3. The van der Waals surface area contributed by atoms with Crippen molar-refractivity contribution in [1.29, 1.82) is 0 Å². The average Bonchev–Trinajstić information content (AvgIpc) is 3.19. The van der Waals surface area contributed by atoms with Gasteiger partial charge in [0.1, 0.15) is 18.1 Å². The normalized spacial score (nSPS) is 14.0. The number of ether oxygens (including phenoxy) is 3. The molecular weight excluding hydrogens is 390 g/mol. The van der Waals surface area contributed by atoms with Crippen LogP contribution in [-0.2, 0) is 16.1 Å². The van der Waals surface area contributed by atoms with Crippen molar-refractivity contribution in [3.05, 3.63) is 89.0 Å². The zero-order valence-electron chi connectivity index (χ0n) is 17.3. The Morgan fingerprint density at radius 1 is 1.10 bits per heavy atom. The number of esters is 1. The van der Waals surface area contributed by atoms with E-state index in [1.165, 1.54) is 7.11 Å². The average molecular weight is 413 g/mol. The molecule has 1 aliphatic heterocycles. The molecule has 0 aromatic heterocycles. The van der Waals surface area contributed by atoms with Gasteiger partial charge in [-0.2, -0.15) is 0 Å². The SMILES string of the molecule is COC(=O)CC1COc2cc(OCc3cccc(C#Cc4ccccc4N)c3)ccc21. The lowest BCUT2D eigenvalue weighted by Gasteiger charge is -2.09. The maximum Gasteiger partial charge on any atom is 0.306 e. The molecule has 5 heteroatoms. The van der Waals surface area contributed by atoms with Crippen LogP contribution in [0.2, 0.25) is 0 Å². The fourth-order valence-electron chi connectivity index (χ4n) is 3.46. The summed E-state index contributed by atoms with van der Waals surface area (Å²) in [6.07, 6.45) is 0.312. The van der Waals surface area contributed by atoms with Crippen LogP contribution in [0.3, 0.4) is 0 Å². The van der Waals surface area contributed by atoms with E-state index < -0.39 is 0 Å². The van der Waals surface area contributed by atoms with Gasteiger partial charge in [-0.1, -0.05) is 42.2 Å². The first kappa shape index (κ1) is 20.4. The summed E-state index contributed by atoms with van der Waals surface area (Å²) in [6.45, 7) is 0.883. The van der Waals surface area contributed by atoms with Gasteiger partial charge < -0.3 is 19.9 Å². The van der Waals surface area contributed by atoms with E-state index in [4.69, 9.17) is 19.9 Å². The highest BCUT2D eigenvalue weighted by Crippen LogP contribution is 2.38. The molecule has 0 saturated carbocycles. The van der Waals surface area contributed by atoms with Crippen molar-refractivity contribution in [3.8, 4) is 23.3 Å². The van der Waals surface area contributed by atoms with Crippen LogP contribution in [0.5, 0.6) is 11.5 Å². The number of carbonyl (C=O) groups excluding carboxylic acids is 1. The molecule has 0 spiro atoms. The van der Waals surface area contributed by atoms with E-state index in [-0.39, 0.29) is 11.9 Å². The number of nitrogens with two attached hydrogens (primary N) is 1. The Balaban J connectivity index is 1.41. The number of rotatable bonds is 5. The van der Waals surface area contributed by atoms with Crippen molar-refractivity contribution in [2.24, 2.45) is 0 Å². The third-order valence-corrected chi connectivity index (χ3v) is 5.14. The summed E-state index contributed by atoms with van der Waals surface area (Å²) < 4.78 is 16.4. The highest BCUT2D eigenvalue weighted by atomic mass is 16.5. The van der Waals surface area contributed by atoms with E-state index in [2.05, 4.69) is 11.8 Å². The topological polar surface area (TPSA) is 70.8 Å². The first-order chi connectivity index (χ1) is 15.1. The van der Waals surface area contributed by atoms with Crippen LogP contribution >= 0.6 is 0 Å². The van der Waals surface area contributed by atoms with E-state index >= 15 is 0 Å². The van der Waals surface area contributed by atoms with Gasteiger partial charge in [0.2, 0.25) is 0 Å². The standard InChI is InChI=1S/C26H23NO4/c1-29-26(28)14-21-17-31-25-15-22(11-12-23(21)25)30-16-19-6-4-5-18(13-19)9-10-20-7-2-3-8-24(20)27/h2-8,11-13,15,21H,14,16-17,27H2,1H3. The number of hydrogen-bond donors (Lipinski definition) is 1. The molecule has 0 radical (unpaired) electrons. The first-order valence-corrected chi connectivity index (χ1v) is 10.0. The minimum absolute atomic E-state index is 0.0189. The maximum atomic E-state index is 11.6. The van der Waals surface area contributed by atoms with Gasteiger partial charge in [-0.15, -0.1) is 0 Å². The Morgan fingerprint density at radius 2 is 1.97 bits per heavy atom. The molecule has 0 amide bonds. The van der Waals surface area contributed by atoms with Crippen molar-refractivity contribution in [2.45, 2.75) is 18.9 Å². The molecule has 3 aromatic rings. The third-order valence-electron chi connectivity index (χ3n) is 5.14. The van der Waals surface area contributed by atoms with E-state index in [9.17, 15) is 4.79 Å². The number of hydrogen-bond acceptors (Lipinski definition) is 5. The molecule has 31 heavy (non-hydrogen) atoms. The minimum Gasteiger partial charge on any atom is -0.492 e. The number of methoxy groups -OCH3 is 1. The van der Waals surface area contributed by atoms with Gasteiger partial charge in [0.25, 0.3) is 0 Å². The summed E-state index contributed by atoms with van der Waals surface area (Å²) in [4.78, 5) is 11.6. The molecule has 5 nitrogen and oxygen atoms in total. The third kappa shape index (κ3) is 4.99. The Kier molecular flexibility index (Phi) is 6.09. The van der Waals surface area contributed by atoms with E-state index in [1.54, 1.807) is 0 Å². The molecule has 156 valence electrons. The molecule has 1 atom stereocenters. The number of anilines is 1. The summed E-state index contributed by atoms with van der Waals surface area (Å²) in [6, 6.07) is 21.2. The first-order valence-electron chi connectivity index (χ1n) is 10.0. The van der Waals surface area contributed by atoms with Crippen molar-refractivity contribution >= 4 is 11.7 Å². The van der Waals surface area contributed by atoms with Gasteiger partial charge in [0, 0.05) is 34.4 Å². The largest absolute Gasteiger partial charge is 0.492 e. The molecule has 0 aliphatic carbocycles. The molecule has 0 fully saturated rings. The van der Waals surface area contributed by atoms with Gasteiger partial charge in [0.05, 0.1) is 20.1 Å². The van der Waals surface area contributed by atoms with Gasteiger partial charge >= 0.3 is 5.97 Å². The second-order valence-electron chi connectivity index (χ2n) is 7.31. The zero-order chi connectivity index (χ0) is 21.6. The second-order valence-corrected chi connectivity index (χ2v) is 7.31. The van der Waals surface area contributed by atoms with Crippen LogP contribution in [0.4, 0.5) is 5.69 Å². The Morgan fingerprint density at radius 3 is 2.81 bits per heavy atom. The summed E-state index contributed by atoms with van der Waals surface area (Å²) in [7, 11) is 1.40. The summed E-state index contributed by atoms with van der Waals surface area (Å²) in [5, 5.41) is 0. The number of para-hydroxylation sites is 1. The lowest BCUT2D eigenvalue weighted by atomic mass is 9.98. The van der Waals surface area contributed by atoms with E-state index in [1.807, 2.05) is 66.7 Å². The van der Waals surface area contributed by atoms with Gasteiger partial charge in [-0.25, -0.2) is 0 Å². The number of benzene rings is 3. The van der Waals surface area contributed by atoms with Crippen LogP contribution < -0.4 is 15.2 Å². The fourth-order valence-corrected chi connectivity index (χ4v) is 3.46. The summed E-state index contributed by atoms with van der Waals surface area (Å²) in [5.74, 6) is 7.52. The monoisotopic (exact) mass is 413 g/mol. The summed E-state index contributed by atoms with van der Waals surface area (Å²) >= 11 is 0. The maximum absolute atomic E-state index is 11.6. The molecule has 2 N–H and O–H groups in total. The van der Waals surface area contributed by atoms with Crippen molar-refractivity contribution in [3.63, 3.8) is 0 Å². The number of fused-ring (bicyclic) bond motifs is 1. The molecule has 4 rings (SSSR count). The molecule has 0 bridgehead atoms. The van der Waals surface area contributed by atoms with Crippen LogP contribution in [0.15, 0.2) is 66.7 Å². The molecular formula is C26H23NO4. The van der Waals surface area contributed by atoms with Crippen LogP contribution in [0, 0.1) is 11.8 Å². The smallest absolute Gasteiger partial charge is 0.306 e. The Labute approximate surface area is 181 Å². The Hall–Kier alpha value is -3.91. The van der Waals surface area contributed by atoms with Crippen molar-refractivity contribution in [1.82, 2.24) is 0 Å². The quantitative estimate of drug-likeness (QED) is 0.384. The summed E-state index contributed by atoms with van der Waals surface area (Å²) in [5.41, 5.74) is 10.3. The number of carbonyl (C=O) groups is 1. The minimum atomic E-state index is -0.236. The van der Waals surface area contributed by atoms with Crippen LogP contribution in [0.1, 0.15) is 34.6 Å². The fraction of sp³-hybridized carbons (Fsp3) is 0.192. The van der Waals surface area contributed by atoms with E-state index in [0.29, 0.717) is 31.1 Å². The highest BCUT2D eigenvalue weighted by Gasteiger charge is 2.27. The van der Waals surface area contributed by atoms with Gasteiger partial charge in [-0.3, -0.25) is 4.79 Å². The number of nitrogen functional groups attached to an aromatic ring is 1. The predicted molar refractivity (Wildman–Crippen MR) is 119 cm³/mol. The molecule has 0 saturated heterocycles. The Bertz CT molecular complexity index is 1160. The van der Waals surface area contributed by atoms with Gasteiger partial charge in [0.15, 0.2) is 0 Å².